The third-order valence-electron chi connectivity index (χ3n) is 6.82. The molecule has 37 heavy (non-hydrogen) atoms. The van der Waals surface area contributed by atoms with Crippen LogP contribution in [-0.2, 0) is 4.79 Å². The van der Waals surface area contributed by atoms with Gasteiger partial charge in [-0.15, -0.1) is 0 Å². The van der Waals surface area contributed by atoms with Crippen LogP contribution in [0.25, 0.3) is 5.57 Å². The summed E-state index contributed by atoms with van der Waals surface area (Å²) in [6.45, 7) is 3.93. The summed E-state index contributed by atoms with van der Waals surface area (Å²) >= 11 is 0. The molecule has 12 heteroatoms. The summed E-state index contributed by atoms with van der Waals surface area (Å²) < 4.78 is 54.7. The van der Waals surface area contributed by atoms with Crippen LogP contribution in [0, 0.1) is 11.2 Å². The van der Waals surface area contributed by atoms with Crippen LogP contribution in [0.5, 0.6) is 0 Å². The third kappa shape index (κ3) is 5.29. The maximum Gasteiger partial charge on any atom is 0.420 e. The van der Waals surface area contributed by atoms with Crippen LogP contribution in [0.2, 0.25) is 0 Å². The number of benzene rings is 1. The molecule has 1 aromatic carbocycles. The van der Waals surface area contributed by atoms with Crippen LogP contribution in [0.4, 0.5) is 17.6 Å². The van der Waals surface area contributed by atoms with E-state index in [0.29, 0.717) is 18.9 Å². The van der Waals surface area contributed by atoms with Gasteiger partial charge in [0.25, 0.3) is 11.8 Å². The minimum atomic E-state index is -4.89. The number of halogens is 4. The van der Waals surface area contributed by atoms with Gasteiger partial charge in [-0.05, 0) is 69.0 Å². The topological polar surface area (TPSA) is 113 Å². The first-order valence-corrected chi connectivity index (χ1v) is 11.7. The van der Waals surface area contributed by atoms with E-state index >= 15 is 0 Å². The minimum absolute atomic E-state index is 0.0757. The summed E-state index contributed by atoms with van der Waals surface area (Å²) in [5.41, 5.74) is -4.08. The zero-order chi connectivity index (χ0) is 27.2. The van der Waals surface area contributed by atoms with E-state index in [-0.39, 0.29) is 36.8 Å². The summed E-state index contributed by atoms with van der Waals surface area (Å²) in [6, 6.07) is 4.46. The average Bonchev–Trinajstić information content (AvgIpc) is 3.28. The lowest BCUT2D eigenvalue weighted by molar-refractivity contribution is -0.164. The maximum absolute atomic E-state index is 13.8. The van der Waals surface area contributed by atoms with E-state index in [9.17, 15) is 32.3 Å². The molecule has 3 N–H and O–H groups in total. The van der Waals surface area contributed by atoms with Crippen molar-refractivity contribution < 1.29 is 32.3 Å². The largest absolute Gasteiger partial charge is 0.420 e. The van der Waals surface area contributed by atoms with Gasteiger partial charge in [-0.3, -0.25) is 9.59 Å². The zero-order valence-electron chi connectivity index (χ0n) is 20.3. The fourth-order valence-corrected chi connectivity index (χ4v) is 4.58. The van der Waals surface area contributed by atoms with E-state index in [0.717, 1.165) is 24.8 Å². The van der Waals surface area contributed by atoms with Gasteiger partial charge in [-0.2, -0.15) is 13.2 Å². The number of aromatic amines is 1. The second-order valence-electron chi connectivity index (χ2n) is 10.0. The van der Waals surface area contributed by atoms with Crippen LogP contribution in [0.15, 0.2) is 36.5 Å². The lowest BCUT2D eigenvalue weighted by Gasteiger charge is -2.49. The van der Waals surface area contributed by atoms with Gasteiger partial charge in [-0.1, -0.05) is 0 Å². The highest BCUT2D eigenvalue weighted by Gasteiger charge is 2.48. The number of allylic oxidation sites excluding steroid dienone is 2. The van der Waals surface area contributed by atoms with Gasteiger partial charge >= 0.3 is 6.18 Å². The van der Waals surface area contributed by atoms with Crippen molar-refractivity contribution in [1.82, 2.24) is 19.8 Å². The highest BCUT2D eigenvalue weighted by atomic mass is 19.4. The Kier molecular flexibility index (Phi) is 6.74. The second-order valence-corrected chi connectivity index (χ2v) is 10.0. The lowest BCUT2D eigenvalue weighted by atomic mass is 9.78. The molecule has 0 bridgehead atoms. The Labute approximate surface area is 210 Å². The van der Waals surface area contributed by atoms with Crippen LogP contribution in [0.3, 0.4) is 0 Å². The van der Waals surface area contributed by atoms with Crippen LogP contribution >= 0.6 is 0 Å². The van der Waals surface area contributed by atoms with Gasteiger partial charge in [0.15, 0.2) is 0 Å². The molecule has 1 aromatic heterocycles. The van der Waals surface area contributed by atoms with E-state index in [1.54, 1.807) is 13.8 Å². The molecule has 2 amide bonds. The Hall–Kier alpha value is -3.54. The van der Waals surface area contributed by atoms with Crippen LogP contribution < -0.4 is 0 Å². The molecule has 0 radical (unpaired) electrons. The van der Waals surface area contributed by atoms with Crippen molar-refractivity contribution in [3.63, 3.8) is 0 Å². The molecule has 1 aliphatic carbocycles. The van der Waals surface area contributed by atoms with Crippen molar-refractivity contribution in [1.29, 1.82) is 5.41 Å². The van der Waals surface area contributed by atoms with Crippen molar-refractivity contribution in [2.75, 3.05) is 19.6 Å². The summed E-state index contributed by atoms with van der Waals surface area (Å²) in [6.07, 6.45) is -1.75. The Morgan fingerprint density at radius 2 is 1.81 bits per heavy atom. The minimum Gasteiger partial charge on any atom is -0.380 e. The normalized spacial score (nSPS) is 19.4. The highest BCUT2D eigenvalue weighted by molar-refractivity contribution is 6.10. The van der Waals surface area contributed by atoms with Crippen molar-refractivity contribution in [3.8, 4) is 0 Å². The third-order valence-corrected chi connectivity index (χ3v) is 6.82. The van der Waals surface area contributed by atoms with Crippen LogP contribution in [0.1, 0.15) is 55.0 Å². The van der Waals surface area contributed by atoms with Gasteiger partial charge in [-0.25, -0.2) is 9.37 Å². The van der Waals surface area contributed by atoms with E-state index < -0.39 is 46.1 Å². The molecule has 2 aromatic rings. The monoisotopic (exact) mass is 521 g/mol. The van der Waals surface area contributed by atoms with E-state index in [1.165, 1.54) is 21.9 Å². The standard InChI is InChI=1S/C25H27F4N5O3/c1-23(2)14-33(22(36)24(37)8-3-9-24)10-11-34(23)21(35)19-13-31-20(32-19)17(25(27,28)29)12-18(30)15-4-6-16(26)7-5-15/h4-7,12-13,30,37H,3,8-11,14H2,1-2H3,(H,31,32)/b17-12+,30-18?. The van der Waals surface area contributed by atoms with Crippen molar-refractivity contribution in [3.05, 3.63) is 59.4 Å². The SMILES string of the molecule is CC1(C)CN(C(=O)C2(O)CCC2)CCN1C(=O)c1cnc(/C(=C\C(=N)c2ccc(F)cc2)C(F)(F)F)[nH]1. The number of nitrogens with one attached hydrogen (secondary N) is 2. The number of rotatable bonds is 5. The van der Waals surface area contributed by atoms with Crippen LogP contribution in [-0.4, -0.2) is 79.4 Å². The Balaban J connectivity index is 1.54. The number of aliphatic hydroxyl groups is 1. The molecule has 8 nitrogen and oxygen atoms in total. The number of hydrogen-bond donors (Lipinski definition) is 3. The maximum atomic E-state index is 13.8. The first-order chi connectivity index (χ1) is 17.2. The summed E-state index contributed by atoms with van der Waals surface area (Å²) in [5, 5.41) is 18.4. The van der Waals surface area contributed by atoms with Gasteiger partial charge in [0.05, 0.1) is 17.4 Å². The van der Waals surface area contributed by atoms with Gasteiger partial charge in [0.2, 0.25) is 0 Å². The molecule has 2 aliphatic rings. The fraction of sp³-hybridized carbons (Fsp3) is 0.440. The smallest absolute Gasteiger partial charge is 0.380 e. The number of hydrogen-bond acceptors (Lipinski definition) is 5. The van der Waals surface area contributed by atoms with E-state index in [2.05, 4.69) is 9.97 Å². The summed E-state index contributed by atoms with van der Waals surface area (Å²) in [7, 11) is 0. The van der Waals surface area contributed by atoms with E-state index in [1.807, 2.05) is 0 Å². The molecular weight excluding hydrogens is 494 g/mol. The number of amides is 2. The molecule has 0 spiro atoms. The Morgan fingerprint density at radius 1 is 1.16 bits per heavy atom. The number of nitrogens with zero attached hydrogens (tertiary/aromatic N) is 3. The van der Waals surface area contributed by atoms with Gasteiger partial charge in [0.1, 0.15) is 28.5 Å². The zero-order valence-corrected chi connectivity index (χ0v) is 20.3. The molecule has 0 unspecified atom stereocenters. The molecule has 4 rings (SSSR count). The fourth-order valence-electron chi connectivity index (χ4n) is 4.58. The van der Waals surface area contributed by atoms with Gasteiger partial charge in [0, 0.05) is 19.6 Å². The number of H-pyrrole nitrogens is 1. The number of aromatic nitrogens is 2. The Morgan fingerprint density at radius 3 is 2.35 bits per heavy atom. The number of imidazole rings is 1. The first-order valence-electron chi connectivity index (χ1n) is 11.7. The molecule has 198 valence electrons. The lowest BCUT2D eigenvalue weighted by Crippen LogP contribution is -2.65. The van der Waals surface area contributed by atoms with Crippen molar-refractivity contribution in [2.24, 2.45) is 0 Å². The Bertz CT molecular complexity index is 1250. The number of piperazine rings is 1. The van der Waals surface area contributed by atoms with Gasteiger partial charge < -0.3 is 25.3 Å². The average molecular weight is 522 g/mol. The number of carbonyl (C=O) groups excluding carboxylic acids is 2. The van der Waals surface area contributed by atoms with Crippen molar-refractivity contribution >= 4 is 23.1 Å². The second kappa shape index (κ2) is 9.40. The molecule has 1 saturated carbocycles. The number of carbonyl (C=O) groups is 2. The summed E-state index contributed by atoms with van der Waals surface area (Å²) in [5.74, 6) is -2.18. The molecule has 2 fully saturated rings. The predicted molar refractivity (Wildman–Crippen MR) is 126 cm³/mol. The molecule has 2 heterocycles. The highest BCUT2D eigenvalue weighted by Crippen LogP contribution is 2.36. The quantitative estimate of drug-likeness (QED) is 0.413. The number of alkyl halides is 3. The predicted octanol–water partition coefficient (Wildman–Crippen LogP) is 3.54. The molecular formula is C25H27F4N5O3. The molecule has 1 saturated heterocycles. The van der Waals surface area contributed by atoms with E-state index in [4.69, 9.17) is 5.41 Å². The van der Waals surface area contributed by atoms with Crippen molar-refractivity contribution in [2.45, 2.75) is 50.4 Å². The summed E-state index contributed by atoms with van der Waals surface area (Å²) in [4.78, 5) is 35.1. The molecule has 0 atom stereocenters. The molecule has 1 aliphatic heterocycles. The first kappa shape index (κ1) is 26.5.